The molecule has 1 N–H and O–H groups in total. The van der Waals surface area contributed by atoms with Gasteiger partial charge in [-0.25, -0.2) is 0 Å². The first-order chi connectivity index (χ1) is 16.6. The molecule has 0 radical (unpaired) electrons. The van der Waals surface area contributed by atoms with Crippen molar-refractivity contribution in [3.63, 3.8) is 0 Å². The van der Waals surface area contributed by atoms with Gasteiger partial charge in [-0.3, -0.25) is 14.3 Å². The Morgan fingerprint density at radius 1 is 1.06 bits per heavy atom. The van der Waals surface area contributed by atoms with Crippen LogP contribution in [-0.2, 0) is 14.9 Å². The molecule has 192 valence electrons. The molecule has 2 heterocycles. The number of carbonyl (C=O) groups excluding carboxylic acids is 1. The van der Waals surface area contributed by atoms with Gasteiger partial charge in [0.25, 0.3) is 0 Å². The van der Waals surface area contributed by atoms with E-state index in [2.05, 4.69) is 83.9 Å². The molecule has 0 unspecified atom stereocenters. The Balaban J connectivity index is 1.43. The fourth-order valence-corrected chi connectivity index (χ4v) is 5.80. The van der Waals surface area contributed by atoms with E-state index in [9.17, 15) is 4.79 Å². The maximum atomic E-state index is 12.8. The average molecular weight is 500 g/mol. The van der Waals surface area contributed by atoms with Gasteiger partial charge in [-0.2, -0.15) is 0 Å². The fraction of sp³-hybridized carbons (Fsp3) is 0.667. The van der Waals surface area contributed by atoms with Gasteiger partial charge in [0.05, 0.1) is 19.0 Å². The van der Waals surface area contributed by atoms with Crippen LogP contribution in [0.3, 0.4) is 0 Å². The van der Waals surface area contributed by atoms with Crippen molar-refractivity contribution in [1.29, 1.82) is 0 Å². The van der Waals surface area contributed by atoms with Gasteiger partial charge in [0, 0.05) is 36.8 Å². The van der Waals surface area contributed by atoms with Crippen LogP contribution in [0, 0.1) is 0 Å². The third-order valence-electron chi connectivity index (χ3n) is 7.28. The normalized spacial score (nSPS) is 18.2. The maximum absolute atomic E-state index is 12.8. The zero-order valence-corrected chi connectivity index (χ0v) is 22.8. The molecule has 0 bridgehead atoms. The number of benzene rings is 1. The number of nitrogens with zero attached hydrogens (tertiary/aromatic N) is 4. The Hall–Kier alpha value is -1.90. The number of aromatic nitrogens is 3. The Morgan fingerprint density at radius 3 is 2.34 bits per heavy atom. The monoisotopic (exact) mass is 499 g/mol. The van der Waals surface area contributed by atoms with E-state index >= 15 is 0 Å². The fourth-order valence-electron chi connectivity index (χ4n) is 4.96. The number of hydrogen-bond donors (Lipinski definition) is 1. The van der Waals surface area contributed by atoms with Gasteiger partial charge in [-0.05, 0) is 37.7 Å². The lowest BCUT2D eigenvalue weighted by Gasteiger charge is -2.40. The van der Waals surface area contributed by atoms with Crippen molar-refractivity contribution in [2.24, 2.45) is 0 Å². The Morgan fingerprint density at radius 2 is 1.71 bits per heavy atom. The second kappa shape index (κ2) is 11.0. The standard InChI is InChI=1S/C27H41N5O2S/c1-26(2,3)21-12-10-20(11-13-21)24-29-30-25(32(24)22-8-6-7-9-22)35-18-23(33)28-19-27(4,5)31-14-16-34-17-15-31/h10-13,22H,6-9,14-19H2,1-5H3,(H,28,33). The first kappa shape index (κ1) is 26.2. The molecule has 2 aromatic rings. The predicted molar refractivity (Wildman–Crippen MR) is 142 cm³/mol. The van der Waals surface area contributed by atoms with Crippen LogP contribution in [0.2, 0.25) is 0 Å². The Kier molecular flexibility index (Phi) is 8.23. The highest BCUT2D eigenvalue weighted by atomic mass is 32.2. The smallest absolute Gasteiger partial charge is 0.230 e. The molecule has 1 aromatic heterocycles. The molecule has 4 rings (SSSR count). The quantitative estimate of drug-likeness (QED) is 0.532. The highest BCUT2D eigenvalue weighted by molar-refractivity contribution is 7.99. The summed E-state index contributed by atoms with van der Waals surface area (Å²) in [6.45, 7) is 15.0. The number of amides is 1. The van der Waals surface area contributed by atoms with E-state index in [0.29, 0.717) is 18.3 Å². The van der Waals surface area contributed by atoms with Crippen molar-refractivity contribution in [2.75, 3.05) is 38.6 Å². The summed E-state index contributed by atoms with van der Waals surface area (Å²) in [6.07, 6.45) is 4.73. The predicted octanol–water partition coefficient (Wildman–Crippen LogP) is 4.68. The molecule has 1 aliphatic heterocycles. The van der Waals surface area contributed by atoms with Gasteiger partial charge in [0.15, 0.2) is 11.0 Å². The van der Waals surface area contributed by atoms with E-state index in [-0.39, 0.29) is 16.9 Å². The summed E-state index contributed by atoms with van der Waals surface area (Å²) in [5, 5.41) is 13.1. The molecule has 2 aliphatic rings. The van der Waals surface area contributed by atoms with Gasteiger partial charge >= 0.3 is 0 Å². The molecule has 7 nitrogen and oxygen atoms in total. The lowest BCUT2D eigenvalue weighted by molar-refractivity contribution is -0.119. The Bertz CT molecular complexity index is 984. The highest BCUT2D eigenvalue weighted by Gasteiger charge is 2.29. The molecule has 1 amide bonds. The van der Waals surface area contributed by atoms with Crippen LogP contribution in [0.25, 0.3) is 11.4 Å². The van der Waals surface area contributed by atoms with E-state index in [0.717, 1.165) is 55.7 Å². The van der Waals surface area contributed by atoms with Crippen LogP contribution in [0.4, 0.5) is 0 Å². The van der Waals surface area contributed by atoms with Crippen LogP contribution in [-0.4, -0.2) is 69.7 Å². The summed E-state index contributed by atoms with van der Waals surface area (Å²) in [7, 11) is 0. The summed E-state index contributed by atoms with van der Waals surface area (Å²) in [4.78, 5) is 15.1. The minimum absolute atomic E-state index is 0.0355. The number of hydrogen-bond acceptors (Lipinski definition) is 6. The molecule has 8 heteroatoms. The molecule has 35 heavy (non-hydrogen) atoms. The zero-order valence-electron chi connectivity index (χ0n) is 22.0. The van der Waals surface area contributed by atoms with Crippen molar-refractivity contribution in [2.45, 2.75) is 82.5 Å². The van der Waals surface area contributed by atoms with Crippen molar-refractivity contribution in [3.8, 4) is 11.4 Å². The SMILES string of the molecule is CC(C)(C)c1ccc(-c2nnc(SCC(=O)NCC(C)(C)N3CCOCC3)n2C2CCCC2)cc1. The number of morpholine rings is 1. The van der Waals surface area contributed by atoms with E-state index in [1.165, 1.54) is 30.2 Å². The van der Waals surface area contributed by atoms with Gasteiger partial charge < -0.3 is 10.1 Å². The topological polar surface area (TPSA) is 72.3 Å². The summed E-state index contributed by atoms with van der Waals surface area (Å²) in [6, 6.07) is 9.10. The molecule has 1 saturated carbocycles. The zero-order chi connectivity index (χ0) is 25.1. The number of rotatable bonds is 8. The van der Waals surface area contributed by atoms with Crippen LogP contribution in [0.5, 0.6) is 0 Å². The van der Waals surface area contributed by atoms with Gasteiger partial charge in [-0.1, -0.05) is 69.6 Å². The number of thioether (sulfide) groups is 1. The molecule has 0 atom stereocenters. The van der Waals surface area contributed by atoms with Gasteiger partial charge in [0.2, 0.25) is 5.91 Å². The number of ether oxygens (including phenoxy) is 1. The largest absolute Gasteiger partial charge is 0.379 e. The number of carbonyl (C=O) groups is 1. The van der Waals surface area contributed by atoms with E-state index in [1.807, 2.05) is 0 Å². The van der Waals surface area contributed by atoms with E-state index in [1.54, 1.807) is 0 Å². The maximum Gasteiger partial charge on any atom is 0.230 e. The summed E-state index contributed by atoms with van der Waals surface area (Å²) in [5.41, 5.74) is 2.41. The molecular weight excluding hydrogens is 458 g/mol. The number of nitrogens with one attached hydrogen (secondary N) is 1. The van der Waals surface area contributed by atoms with Crippen molar-refractivity contribution in [3.05, 3.63) is 29.8 Å². The van der Waals surface area contributed by atoms with Crippen LogP contribution < -0.4 is 5.32 Å². The van der Waals surface area contributed by atoms with Crippen molar-refractivity contribution >= 4 is 17.7 Å². The molecule has 1 saturated heterocycles. The van der Waals surface area contributed by atoms with Crippen molar-refractivity contribution < 1.29 is 9.53 Å². The van der Waals surface area contributed by atoms with Crippen LogP contribution >= 0.6 is 11.8 Å². The third-order valence-corrected chi connectivity index (χ3v) is 8.22. The van der Waals surface area contributed by atoms with Crippen LogP contribution in [0.15, 0.2) is 29.4 Å². The Labute approximate surface area is 214 Å². The average Bonchev–Trinajstić information content (AvgIpc) is 3.51. The highest BCUT2D eigenvalue weighted by Crippen LogP contribution is 2.37. The van der Waals surface area contributed by atoms with Crippen LogP contribution in [0.1, 0.15) is 71.9 Å². The molecule has 2 fully saturated rings. The molecule has 1 aliphatic carbocycles. The first-order valence-corrected chi connectivity index (χ1v) is 13.9. The summed E-state index contributed by atoms with van der Waals surface area (Å²) < 4.78 is 7.75. The minimum Gasteiger partial charge on any atom is -0.379 e. The van der Waals surface area contributed by atoms with Gasteiger partial charge in [0.1, 0.15) is 0 Å². The minimum atomic E-state index is -0.0969. The molecule has 1 aromatic carbocycles. The van der Waals surface area contributed by atoms with Gasteiger partial charge in [-0.15, -0.1) is 10.2 Å². The van der Waals surface area contributed by atoms with E-state index in [4.69, 9.17) is 4.74 Å². The van der Waals surface area contributed by atoms with E-state index < -0.39 is 0 Å². The third kappa shape index (κ3) is 6.46. The lowest BCUT2D eigenvalue weighted by atomic mass is 9.86. The second-order valence-corrected chi connectivity index (χ2v) is 12.4. The van der Waals surface area contributed by atoms with Crippen molar-refractivity contribution in [1.82, 2.24) is 25.0 Å². The lowest BCUT2D eigenvalue weighted by Crippen LogP contribution is -2.55. The first-order valence-electron chi connectivity index (χ1n) is 12.9. The summed E-state index contributed by atoms with van der Waals surface area (Å²) >= 11 is 1.49. The summed E-state index contributed by atoms with van der Waals surface area (Å²) in [5.74, 6) is 1.29. The second-order valence-electron chi connectivity index (χ2n) is 11.4. The molecular formula is C27H41N5O2S. The molecule has 0 spiro atoms.